The highest BCUT2D eigenvalue weighted by Gasteiger charge is 2.22. The Morgan fingerprint density at radius 2 is 2.29 bits per heavy atom. The number of carbonyl (C=O) groups is 1. The predicted molar refractivity (Wildman–Crippen MR) is 55.1 cm³/mol. The molecule has 0 aromatic rings. The molecule has 1 amide bonds. The minimum Gasteiger partial charge on any atom is -0.377 e. The normalized spacial score (nSPS) is 23.6. The van der Waals surface area contributed by atoms with Gasteiger partial charge >= 0.3 is 0 Å². The van der Waals surface area contributed by atoms with Crippen molar-refractivity contribution in [3.63, 3.8) is 0 Å². The number of nitrogens with zero attached hydrogens (tertiary/aromatic N) is 1. The van der Waals surface area contributed by atoms with Gasteiger partial charge in [-0.25, -0.2) is 0 Å². The summed E-state index contributed by atoms with van der Waals surface area (Å²) in [4.78, 5) is 12.5. The van der Waals surface area contributed by atoms with Crippen molar-refractivity contribution in [3.05, 3.63) is 0 Å². The zero-order valence-electron chi connectivity index (χ0n) is 9.25. The predicted octanol–water partition coefficient (Wildman–Crippen LogP) is 0.232. The molecular formula is C10H20N2O2. The molecule has 0 unspecified atom stereocenters. The van der Waals surface area contributed by atoms with Crippen LogP contribution in [0, 0.1) is 0 Å². The highest BCUT2D eigenvalue weighted by molar-refractivity contribution is 5.48. The Morgan fingerprint density at radius 1 is 1.57 bits per heavy atom. The zero-order valence-corrected chi connectivity index (χ0v) is 9.25. The number of amides is 1. The summed E-state index contributed by atoms with van der Waals surface area (Å²) in [7, 11) is 0. The lowest BCUT2D eigenvalue weighted by Gasteiger charge is -2.34. The summed E-state index contributed by atoms with van der Waals surface area (Å²) in [5.74, 6) is 0. The number of nitrogens with one attached hydrogen (secondary N) is 1. The average Bonchev–Trinajstić information content (AvgIpc) is 2.14. The topological polar surface area (TPSA) is 41.6 Å². The van der Waals surface area contributed by atoms with Crippen LogP contribution in [0.15, 0.2) is 0 Å². The van der Waals surface area contributed by atoms with Crippen molar-refractivity contribution < 1.29 is 9.53 Å². The number of hydrogen-bond acceptors (Lipinski definition) is 3. The lowest BCUT2D eigenvalue weighted by molar-refractivity contribution is -0.126. The van der Waals surface area contributed by atoms with Crippen LogP contribution in [0.4, 0.5) is 0 Å². The lowest BCUT2D eigenvalue weighted by atomic mass is 10.1. The Morgan fingerprint density at radius 3 is 2.86 bits per heavy atom. The first-order valence-corrected chi connectivity index (χ1v) is 5.07. The van der Waals surface area contributed by atoms with E-state index in [0.29, 0.717) is 19.8 Å². The molecule has 0 spiro atoms. The van der Waals surface area contributed by atoms with Crippen molar-refractivity contribution in [1.82, 2.24) is 10.2 Å². The molecule has 0 aliphatic carbocycles. The van der Waals surface area contributed by atoms with Crippen molar-refractivity contribution in [1.29, 1.82) is 0 Å². The number of carbonyl (C=O) groups excluding carboxylic acids is 1. The fourth-order valence-electron chi connectivity index (χ4n) is 1.41. The van der Waals surface area contributed by atoms with Gasteiger partial charge in [0.25, 0.3) is 0 Å². The summed E-state index contributed by atoms with van der Waals surface area (Å²) < 4.78 is 5.34. The third-order valence-electron chi connectivity index (χ3n) is 2.28. The SMILES string of the molecule is CC(C)(C)NC[C@@H]1COCCN1C=O. The fraction of sp³-hybridized carbons (Fsp3) is 0.900. The maximum Gasteiger partial charge on any atom is 0.210 e. The summed E-state index contributed by atoms with van der Waals surface area (Å²) in [5, 5.41) is 3.38. The van der Waals surface area contributed by atoms with Crippen molar-refractivity contribution in [2.75, 3.05) is 26.3 Å². The van der Waals surface area contributed by atoms with Gasteiger partial charge in [-0.3, -0.25) is 4.79 Å². The molecule has 14 heavy (non-hydrogen) atoms. The third kappa shape index (κ3) is 3.64. The number of morpholine rings is 1. The van der Waals surface area contributed by atoms with Crippen molar-refractivity contribution in [2.45, 2.75) is 32.4 Å². The monoisotopic (exact) mass is 200 g/mol. The van der Waals surface area contributed by atoms with E-state index in [0.717, 1.165) is 13.0 Å². The molecule has 82 valence electrons. The van der Waals surface area contributed by atoms with Gasteiger partial charge in [0.15, 0.2) is 0 Å². The Hall–Kier alpha value is -0.610. The summed E-state index contributed by atoms with van der Waals surface area (Å²) in [6.45, 7) is 9.14. The van der Waals surface area contributed by atoms with Gasteiger partial charge in [0, 0.05) is 18.6 Å². The summed E-state index contributed by atoms with van der Waals surface area (Å²) in [5.41, 5.74) is 0.0893. The fourth-order valence-corrected chi connectivity index (χ4v) is 1.41. The zero-order chi connectivity index (χ0) is 10.6. The molecule has 0 aromatic heterocycles. The van der Waals surface area contributed by atoms with Gasteiger partial charge in [-0.1, -0.05) is 0 Å². The minimum absolute atomic E-state index is 0.0893. The smallest absolute Gasteiger partial charge is 0.210 e. The van der Waals surface area contributed by atoms with Gasteiger partial charge < -0.3 is 15.0 Å². The molecule has 4 heteroatoms. The molecule has 1 fully saturated rings. The van der Waals surface area contributed by atoms with Gasteiger partial charge in [0.1, 0.15) is 0 Å². The molecule has 0 radical (unpaired) electrons. The summed E-state index contributed by atoms with van der Waals surface area (Å²) in [6.07, 6.45) is 0.914. The first-order valence-electron chi connectivity index (χ1n) is 5.07. The second-order valence-corrected chi connectivity index (χ2v) is 4.70. The summed E-state index contributed by atoms with van der Waals surface area (Å²) >= 11 is 0. The quantitative estimate of drug-likeness (QED) is 0.663. The number of hydrogen-bond donors (Lipinski definition) is 1. The van der Waals surface area contributed by atoms with Gasteiger partial charge in [-0.15, -0.1) is 0 Å². The van der Waals surface area contributed by atoms with Gasteiger partial charge in [0.2, 0.25) is 6.41 Å². The molecule has 1 heterocycles. The molecular weight excluding hydrogens is 180 g/mol. The van der Waals surface area contributed by atoms with Gasteiger partial charge in [0.05, 0.1) is 19.3 Å². The van der Waals surface area contributed by atoms with Crippen molar-refractivity contribution in [3.8, 4) is 0 Å². The van der Waals surface area contributed by atoms with E-state index in [-0.39, 0.29) is 11.6 Å². The highest BCUT2D eigenvalue weighted by atomic mass is 16.5. The Balaban J connectivity index is 2.37. The maximum atomic E-state index is 10.7. The molecule has 0 bridgehead atoms. The van der Waals surface area contributed by atoms with Gasteiger partial charge in [-0.2, -0.15) is 0 Å². The van der Waals surface area contributed by atoms with Crippen LogP contribution < -0.4 is 5.32 Å². The van der Waals surface area contributed by atoms with Crippen LogP contribution in [0.25, 0.3) is 0 Å². The van der Waals surface area contributed by atoms with Crippen LogP contribution in [0.5, 0.6) is 0 Å². The lowest BCUT2D eigenvalue weighted by Crippen LogP contribution is -2.52. The number of rotatable bonds is 3. The minimum atomic E-state index is 0.0893. The molecule has 1 rings (SSSR count). The highest BCUT2D eigenvalue weighted by Crippen LogP contribution is 2.05. The Bertz CT molecular complexity index is 189. The first kappa shape index (κ1) is 11.5. The van der Waals surface area contributed by atoms with Crippen LogP contribution >= 0.6 is 0 Å². The van der Waals surface area contributed by atoms with E-state index >= 15 is 0 Å². The van der Waals surface area contributed by atoms with Crippen LogP contribution in [0.1, 0.15) is 20.8 Å². The molecule has 1 aliphatic heterocycles. The van der Waals surface area contributed by atoms with E-state index in [1.54, 1.807) is 0 Å². The van der Waals surface area contributed by atoms with E-state index in [2.05, 4.69) is 26.1 Å². The second kappa shape index (κ2) is 4.75. The van der Waals surface area contributed by atoms with Crippen molar-refractivity contribution in [2.24, 2.45) is 0 Å². The number of ether oxygens (including phenoxy) is 1. The van der Waals surface area contributed by atoms with E-state index in [1.165, 1.54) is 0 Å². The van der Waals surface area contributed by atoms with Crippen LogP contribution in [-0.4, -0.2) is 49.2 Å². The largest absolute Gasteiger partial charge is 0.377 e. The van der Waals surface area contributed by atoms with E-state index < -0.39 is 0 Å². The molecule has 0 saturated carbocycles. The molecule has 1 aliphatic rings. The average molecular weight is 200 g/mol. The van der Waals surface area contributed by atoms with Crippen LogP contribution in [0.3, 0.4) is 0 Å². The first-order chi connectivity index (χ1) is 6.53. The van der Waals surface area contributed by atoms with E-state index in [9.17, 15) is 4.79 Å². The third-order valence-corrected chi connectivity index (χ3v) is 2.28. The molecule has 1 saturated heterocycles. The summed E-state index contributed by atoms with van der Waals surface area (Å²) in [6, 6.07) is 0.181. The Labute approximate surface area is 85.6 Å². The standard InChI is InChI=1S/C10H20N2O2/c1-10(2,3)11-6-9-7-14-5-4-12(9)8-13/h8-9,11H,4-7H2,1-3H3/t9-/m1/s1. The Kier molecular flexibility index (Phi) is 3.89. The second-order valence-electron chi connectivity index (χ2n) is 4.70. The molecule has 1 atom stereocenters. The van der Waals surface area contributed by atoms with Crippen LogP contribution in [-0.2, 0) is 9.53 Å². The molecule has 4 nitrogen and oxygen atoms in total. The van der Waals surface area contributed by atoms with Gasteiger partial charge in [-0.05, 0) is 20.8 Å². The van der Waals surface area contributed by atoms with Crippen LogP contribution in [0.2, 0.25) is 0 Å². The molecule has 1 N–H and O–H groups in total. The van der Waals surface area contributed by atoms with Crippen molar-refractivity contribution >= 4 is 6.41 Å². The molecule has 0 aromatic carbocycles. The maximum absolute atomic E-state index is 10.7. The van der Waals surface area contributed by atoms with E-state index in [1.807, 2.05) is 4.90 Å². The van der Waals surface area contributed by atoms with E-state index in [4.69, 9.17) is 4.74 Å².